The number of anilines is 2. The molecule has 0 aliphatic rings. The summed E-state index contributed by atoms with van der Waals surface area (Å²) in [6.07, 6.45) is 1.23. The number of amides is 2. The zero-order chi connectivity index (χ0) is 19.9. The SMILES string of the molecule is COc1ccccc1-c1cc(NC(=O)Nc2cccc(CC(=O)O)c2)ncn1. The number of hydrogen-bond donors (Lipinski definition) is 3. The minimum atomic E-state index is -0.938. The van der Waals surface area contributed by atoms with Gasteiger partial charge in [0.2, 0.25) is 0 Å². The Kier molecular flexibility index (Phi) is 5.81. The van der Waals surface area contributed by atoms with Gasteiger partial charge in [0.25, 0.3) is 0 Å². The van der Waals surface area contributed by atoms with E-state index in [1.54, 1.807) is 37.4 Å². The van der Waals surface area contributed by atoms with Gasteiger partial charge in [0, 0.05) is 17.3 Å². The summed E-state index contributed by atoms with van der Waals surface area (Å²) < 4.78 is 5.34. The normalized spacial score (nSPS) is 10.2. The minimum Gasteiger partial charge on any atom is -0.496 e. The zero-order valence-electron chi connectivity index (χ0n) is 15.0. The molecule has 3 aromatic rings. The lowest BCUT2D eigenvalue weighted by atomic mass is 10.1. The van der Waals surface area contributed by atoms with Crippen LogP contribution in [-0.4, -0.2) is 34.2 Å². The van der Waals surface area contributed by atoms with Crippen LogP contribution in [0.3, 0.4) is 0 Å². The molecule has 0 atom stereocenters. The van der Waals surface area contributed by atoms with Crippen LogP contribution in [0.15, 0.2) is 60.9 Å². The Labute approximate surface area is 161 Å². The van der Waals surface area contributed by atoms with Crippen molar-refractivity contribution in [1.82, 2.24) is 9.97 Å². The highest BCUT2D eigenvalue weighted by Crippen LogP contribution is 2.28. The van der Waals surface area contributed by atoms with E-state index in [2.05, 4.69) is 20.6 Å². The molecule has 8 heteroatoms. The van der Waals surface area contributed by atoms with Gasteiger partial charge in [-0.1, -0.05) is 24.3 Å². The van der Waals surface area contributed by atoms with Gasteiger partial charge in [0.1, 0.15) is 17.9 Å². The molecule has 2 aromatic carbocycles. The predicted molar refractivity (Wildman–Crippen MR) is 104 cm³/mol. The number of aliphatic carboxylic acids is 1. The third-order valence-corrected chi connectivity index (χ3v) is 3.83. The Morgan fingerprint density at radius 2 is 1.86 bits per heavy atom. The van der Waals surface area contributed by atoms with Crippen LogP contribution in [0.4, 0.5) is 16.3 Å². The molecule has 8 nitrogen and oxygen atoms in total. The third-order valence-electron chi connectivity index (χ3n) is 3.83. The molecule has 0 aliphatic heterocycles. The van der Waals surface area contributed by atoms with E-state index < -0.39 is 12.0 Å². The van der Waals surface area contributed by atoms with Gasteiger partial charge in [0.05, 0.1) is 19.2 Å². The third kappa shape index (κ3) is 4.82. The summed E-state index contributed by atoms with van der Waals surface area (Å²) in [6, 6.07) is 15.2. The molecule has 1 heterocycles. The highest BCUT2D eigenvalue weighted by Gasteiger charge is 2.10. The van der Waals surface area contributed by atoms with E-state index in [0.717, 1.165) is 5.56 Å². The quantitative estimate of drug-likeness (QED) is 0.606. The van der Waals surface area contributed by atoms with Gasteiger partial charge >= 0.3 is 12.0 Å². The Morgan fingerprint density at radius 3 is 2.64 bits per heavy atom. The van der Waals surface area contributed by atoms with E-state index in [4.69, 9.17) is 9.84 Å². The lowest BCUT2D eigenvalue weighted by Gasteiger charge is -2.10. The first-order valence-corrected chi connectivity index (χ1v) is 8.39. The molecule has 1 aromatic heterocycles. The number of methoxy groups -OCH3 is 1. The van der Waals surface area contributed by atoms with Crippen LogP contribution in [0.1, 0.15) is 5.56 Å². The summed E-state index contributed by atoms with van der Waals surface area (Å²) in [5.41, 5.74) is 2.45. The maximum atomic E-state index is 12.3. The van der Waals surface area contributed by atoms with Crippen LogP contribution >= 0.6 is 0 Å². The van der Waals surface area contributed by atoms with E-state index >= 15 is 0 Å². The van der Waals surface area contributed by atoms with E-state index in [0.29, 0.717) is 28.5 Å². The van der Waals surface area contributed by atoms with Crippen molar-refractivity contribution in [1.29, 1.82) is 0 Å². The van der Waals surface area contributed by atoms with Gasteiger partial charge in [-0.05, 0) is 29.8 Å². The number of carbonyl (C=O) groups is 2. The van der Waals surface area contributed by atoms with Crippen molar-refractivity contribution in [2.75, 3.05) is 17.7 Å². The number of urea groups is 1. The largest absolute Gasteiger partial charge is 0.496 e. The summed E-state index contributed by atoms with van der Waals surface area (Å²) in [5.74, 6) is 0.0356. The first-order valence-electron chi connectivity index (χ1n) is 8.39. The molecule has 0 saturated carbocycles. The highest BCUT2D eigenvalue weighted by molar-refractivity contribution is 5.99. The minimum absolute atomic E-state index is 0.120. The monoisotopic (exact) mass is 378 g/mol. The fraction of sp³-hybridized carbons (Fsp3) is 0.100. The molecule has 0 fully saturated rings. The Bertz CT molecular complexity index is 1010. The van der Waals surface area contributed by atoms with Gasteiger partial charge in [0.15, 0.2) is 0 Å². The summed E-state index contributed by atoms with van der Waals surface area (Å²) >= 11 is 0. The van der Waals surface area contributed by atoms with E-state index in [1.165, 1.54) is 6.33 Å². The van der Waals surface area contributed by atoms with Crippen LogP contribution < -0.4 is 15.4 Å². The second kappa shape index (κ2) is 8.63. The second-order valence-electron chi connectivity index (χ2n) is 5.84. The zero-order valence-corrected chi connectivity index (χ0v) is 15.0. The molecule has 3 rings (SSSR count). The molecule has 0 unspecified atom stereocenters. The fourth-order valence-electron chi connectivity index (χ4n) is 2.64. The summed E-state index contributed by atoms with van der Waals surface area (Å²) in [4.78, 5) is 31.4. The Morgan fingerprint density at radius 1 is 1.04 bits per heavy atom. The number of carbonyl (C=O) groups excluding carboxylic acids is 1. The van der Waals surface area contributed by atoms with Crippen LogP contribution in [0.25, 0.3) is 11.3 Å². The molecule has 0 saturated heterocycles. The van der Waals surface area contributed by atoms with E-state index in [-0.39, 0.29) is 6.42 Å². The number of rotatable bonds is 6. The number of nitrogens with one attached hydrogen (secondary N) is 2. The first kappa shape index (κ1) is 18.8. The van der Waals surface area contributed by atoms with Crippen molar-refractivity contribution in [2.24, 2.45) is 0 Å². The van der Waals surface area contributed by atoms with Gasteiger partial charge in [-0.25, -0.2) is 14.8 Å². The number of para-hydroxylation sites is 1. The van der Waals surface area contributed by atoms with Crippen molar-refractivity contribution in [3.63, 3.8) is 0 Å². The smallest absolute Gasteiger partial charge is 0.324 e. The van der Waals surface area contributed by atoms with Crippen molar-refractivity contribution in [3.05, 3.63) is 66.5 Å². The van der Waals surface area contributed by atoms with Gasteiger partial charge in [-0.2, -0.15) is 0 Å². The molecule has 0 aliphatic carbocycles. The van der Waals surface area contributed by atoms with Crippen LogP contribution in [0, 0.1) is 0 Å². The molecule has 2 amide bonds. The molecule has 0 radical (unpaired) electrons. The van der Waals surface area contributed by atoms with E-state index in [9.17, 15) is 9.59 Å². The number of carboxylic acid groups (broad SMARTS) is 1. The average Bonchev–Trinajstić information content (AvgIpc) is 2.68. The molecule has 142 valence electrons. The number of aromatic nitrogens is 2. The topological polar surface area (TPSA) is 113 Å². The Balaban J connectivity index is 1.72. The average molecular weight is 378 g/mol. The van der Waals surface area contributed by atoms with Crippen molar-refractivity contribution < 1.29 is 19.4 Å². The molecule has 28 heavy (non-hydrogen) atoms. The molecular weight excluding hydrogens is 360 g/mol. The van der Waals surface area contributed by atoms with E-state index in [1.807, 2.05) is 24.3 Å². The number of benzene rings is 2. The van der Waals surface area contributed by atoms with Crippen LogP contribution in [-0.2, 0) is 11.2 Å². The number of nitrogens with zero attached hydrogens (tertiary/aromatic N) is 2. The predicted octanol–water partition coefficient (Wildman–Crippen LogP) is 3.42. The maximum Gasteiger partial charge on any atom is 0.324 e. The van der Waals surface area contributed by atoms with Crippen LogP contribution in [0.5, 0.6) is 5.75 Å². The van der Waals surface area contributed by atoms with Crippen molar-refractivity contribution in [3.8, 4) is 17.0 Å². The maximum absolute atomic E-state index is 12.3. The second-order valence-corrected chi connectivity index (χ2v) is 5.84. The summed E-state index contributed by atoms with van der Waals surface area (Å²) in [7, 11) is 1.57. The lowest BCUT2D eigenvalue weighted by Crippen LogP contribution is -2.20. The van der Waals surface area contributed by atoms with Gasteiger partial charge in [-0.3, -0.25) is 10.1 Å². The summed E-state index contributed by atoms with van der Waals surface area (Å²) in [6.45, 7) is 0. The highest BCUT2D eigenvalue weighted by atomic mass is 16.5. The molecule has 0 spiro atoms. The molecule has 0 bridgehead atoms. The molecule has 3 N–H and O–H groups in total. The Hall–Kier alpha value is -3.94. The van der Waals surface area contributed by atoms with Crippen molar-refractivity contribution >= 4 is 23.5 Å². The van der Waals surface area contributed by atoms with Crippen molar-refractivity contribution in [2.45, 2.75) is 6.42 Å². The summed E-state index contributed by atoms with van der Waals surface area (Å²) in [5, 5.41) is 14.2. The molecular formula is C20H18N4O4. The number of hydrogen-bond acceptors (Lipinski definition) is 5. The van der Waals surface area contributed by atoms with Crippen LogP contribution in [0.2, 0.25) is 0 Å². The first-order chi connectivity index (χ1) is 13.5. The standard InChI is InChI=1S/C20H18N4O4/c1-28-17-8-3-2-7-15(17)16-11-18(22-12-21-16)24-20(27)23-14-6-4-5-13(9-14)10-19(25)26/h2-9,11-12H,10H2,1H3,(H,25,26)(H2,21,22,23,24,27). The lowest BCUT2D eigenvalue weighted by molar-refractivity contribution is -0.136. The van der Waals surface area contributed by atoms with Gasteiger partial charge < -0.3 is 15.2 Å². The fourth-order valence-corrected chi connectivity index (χ4v) is 2.64. The van der Waals surface area contributed by atoms with Gasteiger partial charge in [-0.15, -0.1) is 0 Å². The number of ether oxygens (including phenoxy) is 1. The number of carboxylic acids is 1.